The van der Waals surface area contributed by atoms with Gasteiger partial charge < -0.3 is 10.1 Å². The Labute approximate surface area is 247 Å². The molecule has 0 unspecified atom stereocenters. The summed E-state index contributed by atoms with van der Waals surface area (Å²) < 4.78 is 59.3. The number of benzene rings is 3. The van der Waals surface area contributed by atoms with E-state index in [9.17, 15) is 27.2 Å². The van der Waals surface area contributed by atoms with Crippen molar-refractivity contribution in [1.82, 2.24) is 14.8 Å². The van der Waals surface area contributed by atoms with Crippen molar-refractivity contribution in [2.45, 2.75) is 26.1 Å². The maximum absolute atomic E-state index is 15.0. The molecule has 1 fully saturated rings. The second-order valence-electron chi connectivity index (χ2n) is 9.44. The minimum absolute atomic E-state index is 0.0138. The first-order valence-electron chi connectivity index (χ1n) is 12.9. The summed E-state index contributed by atoms with van der Waals surface area (Å²) >= 11 is 1.01. The van der Waals surface area contributed by atoms with Gasteiger partial charge in [0.05, 0.1) is 42.4 Å². The summed E-state index contributed by atoms with van der Waals surface area (Å²) in [5, 5.41) is 6.80. The van der Waals surface area contributed by atoms with Gasteiger partial charge in [-0.15, -0.1) is 5.10 Å². The second kappa shape index (κ2) is 12.8. The van der Waals surface area contributed by atoms with Crippen molar-refractivity contribution in [2.75, 3.05) is 22.6 Å². The van der Waals surface area contributed by atoms with Gasteiger partial charge in [-0.3, -0.25) is 9.69 Å². The fraction of sp³-hybridized carbons (Fsp3) is 0.207. The van der Waals surface area contributed by atoms with Crippen LogP contribution in [0.25, 0.3) is 17.1 Å². The lowest BCUT2D eigenvalue weighted by atomic mass is 10.1. The summed E-state index contributed by atoms with van der Waals surface area (Å²) in [6.45, 7) is 1.05. The number of rotatable bonds is 8. The lowest BCUT2D eigenvalue weighted by Crippen LogP contribution is -2.31. The van der Waals surface area contributed by atoms with Gasteiger partial charge in [0, 0.05) is 11.1 Å². The molecule has 9 nitrogen and oxygen atoms in total. The Morgan fingerprint density at radius 3 is 2.65 bits per heavy atom. The number of halogens is 4. The summed E-state index contributed by atoms with van der Waals surface area (Å²) in [6.07, 6.45) is -3.95. The predicted octanol–water partition coefficient (Wildman–Crippen LogP) is 6.52. The Kier molecular flexibility index (Phi) is 8.87. The molecule has 0 atom stereocenters. The smallest absolute Gasteiger partial charge is 0.376 e. The number of urea groups is 1. The molecule has 0 spiro atoms. The maximum atomic E-state index is 15.0. The molecule has 0 saturated carbocycles. The summed E-state index contributed by atoms with van der Waals surface area (Å²) in [5.41, 5.74) is 2.59. The third-order valence-corrected chi connectivity index (χ3v) is 7.14. The van der Waals surface area contributed by atoms with Gasteiger partial charge in [0.25, 0.3) is 0 Å². The lowest BCUT2D eigenvalue weighted by molar-refractivity contribution is -0.146. The highest BCUT2D eigenvalue weighted by atomic mass is 32.2. The van der Waals surface area contributed by atoms with Crippen molar-refractivity contribution >= 4 is 40.2 Å². The van der Waals surface area contributed by atoms with E-state index in [1.54, 1.807) is 35.9 Å². The van der Waals surface area contributed by atoms with E-state index in [1.807, 2.05) is 30.3 Å². The number of hydrogen-bond acceptors (Lipinski definition) is 6. The fourth-order valence-corrected chi connectivity index (χ4v) is 5.00. The van der Waals surface area contributed by atoms with Gasteiger partial charge in [0.15, 0.2) is 11.0 Å². The number of aromatic nitrogens is 3. The largest absolute Gasteiger partial charge is 0.391 e. The number of aliphatic imine (C=N–C) groups is 1. The van der Waals surface area contributed by atoms with E-state index in [1.165, 1.54) is 23.4 Å². The average molecular weight is 613 g/mol. The van der Waals surface area contributed by atoms with E-state index in [0.717, 1.165) is 23.0 Å². The van der Waals surface area contributed by atoms with Crippen LogP contribution in [0.2, 0.25) is 0 Å². The second-order valence-corrected chi connectivity index (χ2v) is 10.4. The molecule has 1 aliphatic rings. The van der Waals surface area contributed by atoms with Crippen molar-refractivity contribution in [1.29, 1.82) is 0 Å². The number of hydrogen-bond donors (Lipinski definition) is 1. The van der Waals surface area contributed by atoms with Crippen LogP contribution in [0.1, 0.15) is 17.5 Å². The molecule has 1 N–H and O–H groups in total. The molecule has 5 rings (SSSR count). The number of aryl methyl sites for hydroxylation is 1. The molecule has 14 heteroatoms. The third kappa shape index (κ3) is 7.45. The molecule has 2 heterocycles. The zero-order valence-corrected chi connectivity index (χ0v) is 23.5. The van der Waals surface area contributed by atoms with Gasteiger partial charge in [0.2, 0.25) is 5.91 Å². The normalized spacial score (nSPS) is 14.5. The van der Waals surface area contributed by atoms with E-state index in [2.05, 4.69) is 20.4 Å². The van der Waals surface area contributed by atoms with Gasteiger partial charge in [-0.25, -0.2) is 18.9 Å². The number of carbonyl (C=O) groups excluding carboxylic acids is 2. The minimum atomic E-state index is -4.35. The Morgan fingerprint density at radius 2 is 1.91 bits per heavy atom. The Bertz CT molecular complexity index is 1680. The number of amides is 3. The zero-order valence-electron chi connectivity index (χ0n) is 22.6. The monoisotopic (exact) mass is 612 g/mol. The lowest BCUT2D eigenvalue weighted by Gasteiger charge is -2.20. The topological polar surface area (TPSA) is 102 Å². The Morgan fingerprint density at radius 1 is 1.12 bits per heavy atom. The van der Waals surface area contributed by atoms with E-state index >= 15 is 0 Å². The number of nitrogens with zero attached hydrogens (tertiary/aromatic N) is 5. The van der Waals surface area contributed by atoms with E-state index in [-0.39, 0.29) is 34.9 Å². The summed E-state index contributed by atoms with van der Waals surface area (Å²) in [4.78, 5) is 35.0. The van der Waals surface area contributed by atoms with Crippen molar-refractivity contribution in [2.24, 2.45) is 4.99 Å². The van der Waals surface area contributed by atoms with Gasteiger partial charge in [-0.1, -0.05) is 42.1 Å². The van der Waals surface area contributed by atoms with Crippen LogP contribution < -0.4 is 10.2 Å². The van der Waals surface area contributed by atoms with E-state index in [4.69, 9.17) is 4.74 Å². The van der Waals surface area contributed by atoms with Gasteiger partial charge in [-0.2, -0.15) is 18.2 Å². The van der Waals surface area contributed by atoms with Crippen LogP contribution in [-0.4, -0.2) is 50.4 Å². The number of ether oxygens (including phenoxy) is 1. The van der Waals surface area contributed by atoms with Crippen LogP contribution in [0.5, 0.6) is 0 Å². The average Bonchev–Trinajstić information content (AvgIpc) is 3.60. The SMILES string of the molecule is Cc1ccc(COCCC(F)(F)F)c(N2C(=O)CSC2=NC(=O)Nc2ccc(-c3ncn(-c4ccccc4)n3)cc2F)c1. The number of alkyl halides is 3. The van der Waals surface area contributed by atoms with Crippen molar-refractivity contribution in [3.05, 3.63) is 90.0 Å². The molecule has 4 aromatic rings. The summed E-state index contributed by atoms with van der Waals surface area (Å²) in [7, 11) is 0. The van der Waals surface area contributed by atoms with Crippen LogP contribution in [0, 0.1) is 12.7 Å². The standard InChI is InChI=1S/C29H24F4N6O3S/c1-18-7-8-20(15-42-12-11-29(31,32)33)24(13-18)39-25(40)16-43-28(39)36-27(41)35-23-10-9-19(14-22(23)30)26-34-17-38(37-26)21-5-3-2-4-6-21/h2-10,13-14,17H,11-12,15-16H2,1H3,(H,35,41). The molecule has 3 amide bonds. The molecule has 0 bridgehead atoms. The first kappa shape index (κ1) is 29.9. The molecule has 1 aromatic heterocycles. The molecular weight excluding hydrogens is 588 g/mol. The van der Waals surface area contributed by atoms with Gasteiger partial charge >= 0.3 is 12.2 Å². The van der Waals surface area contributed by atoms with Crippen molar-refractivity contribution < 1.29 is 31.9 Å². The molecule has 3 aromatic carbocycles. The Balaban J connectivity index is 1.30. The number of amidine groups is 1. The number of anilines is 2. The molecule has 1 aliphatic heterocycles. The summed E-state index contributed by atoms with van der Waals surface area (Å²) in [6, 6.07) is 17.5. The van der Waals surface area contributed by atoms with Crippen molar-refractivity contribution in [3.8, 4) is 17.1 Å². The molecule has 0 radical (unpaired) electrons. The number of carbonyl (C=O) groups is 2. The van der Waals surface area contributed by atoms with Crippen LogP contribution in [-0.2, 0) is 16.1 Å². The molecule has 222 valence electrons. The fourth-order valence-electron chi connectivity index (χ4n) is 4.14. The molecule has 1 saturated heterocycles. The summed E-state index contributed by atoms with van der Waals surface area (Å²) in [5.74, 6) is -0.850. The highest BCUT2D eigenvalue weighted by Crippen LogP contribution is 2.32. The van der Waals surface area contributed by atoms with Crippen LogP contribution in [0.4, 0.5) is 33.7 Å². The number of nitrogens with one attached hydrogen (secondary N) is 1. The maximum Gasteiger partial charge on any atom is 0.391 e. The molecule has 0 aliphatic carbocycles. The van der Waals surface area contributed by atoms with Crippen LogP contribution in [0.3, 0.4) is 0 Å². The van der Waals surface area contributed by atoms with E-state index in [0.29, 0.717) is 16.8 Å². The van der Waals surface area contributed by atoms with Crippen LogP contribution in [0.15, 0.2) is 78.0 Å². The number of thioether (sulfide) groups is 1. The molecule has 43 heavy (non-hydrogen) atoms. The van der Waals surface area contributed by atoms with Crippen molar-refractivity contribution in [3.63, 3.8) is 0 Å². The molecular formula is C29H24F4N6O3S. The highest BCUT2D eigenvalue weighted by Gasteiger charge is 2.32. The first-order valence-corrected chi connectivity index (χ1v) is 13.9. The number of para-hydroxylation sites is 1. The Hall–Kier alpha value is -4.56. The highest BCUT2D eigenvalue weighted by molar-refractivity contribution is 8.15. The third-order valence-electron chi connectivity index (χ3n) is 6.21. The van der Waals surface area contributed by atoms with Crippen LogP contribution >= 0.6 is 11.8 Å². The zero-order chi connectivity index (χ0) is 30.6. The first-order chi connectivity index (χ1) is 20.6. The predicted molar refractivity (Wildman–Crippen MR) is 155 cm³/mol. The quantitative estimate of drug-likeness (QED) is 0.180. The minimum Gasteiger partial charge on any atom is -0.376 e. The van der Waals surface area contributed by atoms with Gasteiger partial charge in [0.1, 0.15) is 12.1 Å². The van der Waals surface area contributed by atoms with E-state index < -0.39 is 31.1 Å². The van der Waals surface area contributed by atoms with Gasteiger partial charge in [-0.05, 0) is 48.9 Å².